The molecule has 1 heteroatoms. The number of allylic oxidation sites excluding steroid dienone is 2. The molecule has 0 bridgehead atoms. The molecule has 66 valence electrons. The summed E-state index contributed by atoms with van der Waals surface area (Å²) in [4.78, 5) is 0. The van der Waals surface area contributed by atoms with E-state index in [1.54, 1.807) is 0 Å². The van der Waals surface area contributed by atoms with Gasteiger partial charge >= 0.3 is 0 Å². The Kier molecular flexibility index (Phi) is 5.22. The zero-order valence-electron chi connectivity index (χ0n) is 8.09. The average molecular weight is 156 g/mol. The highest BCUT2D eigenvalue weighted by atomic mass is 16.3. The summed E-state index contributed by atoms with van der Waals surface area (Å²) in [7, 11) is 0. The summed E-state index contributed by atoms with van der Waals surface area (Å²) in [5.74, 6) is 0.422. The molecule has 0 fully saturated rings. The van der Waals surface area contributed by atoms with Crippen LogP contribution in [0.4, 0.5) is 0 Å². The second kappa shape index (κ2) is 5.36. The van der Waals surface area contributed by atoms with Crippen LogP contribution in [-0.2, 0) is 0 Å². The molecule has 2 atom stereocenters. The van der Waals surface area contributed by atoms with Crippen LogP contribution in [-0.4, -0.2) is 11.2 Å². The zero-order chi connectivity index (χ0) is 8.85. The van der Waals surface area contributed by atoms with Gasteiger partial charge in [-0.3, -0.25) is 0 Å². The van der Waals surface area contributed by atoms with Gasteiger partial charge in [0, 0.05) is 0 Å². The quantitative estimate of drug-likeness (QED) is 0.620. The number of hydrogen-bond acceptors (Lipinski definition) is 1. The van der Waals surface area contributed by atoms with Gasteiger partial charge in [0.1, 0.15) is 0 Å². The number of aliphatic hydroxyl groups is 1. The van der Waals surface area contributed by atoms with Crippen molar-refractivity contribution in [3.05, 3.63) is 11.6 Å². The molecule has 0 heterocycles. The van der Waals surface area contributed by atoms with E-state index < -0.39 is 0 Å². The monoisotopic (exact) mass is 156 g/mol. The second-order valence-corrected chi connectivity index (χ2v) is 3.58. The molecule has 0 saturated heterocycles. The zero-order valence-corrected chi connectivity index (χ0v) is 8.09. The van der Waals surface area contributed by atoms with Crippen molar-refractivity contribution in [3.8, 4) is 0 Å². The van der Waals surface area contributed by atoms with Gasteiger partial charge < -0.3 is 5.11 Å². The SMILES string of the molecule is CC(C)=CCC[C@H](C)[C@@H](C)O. The van der Waals surface area contributed by atoms with Crippen molar-refractivity contribution >= 4 is 0 Å². The first-order valence-corrected chi connectivity index (χ1v) is 4.35. The van der Waals surface area contributed by atoms with E-state index in [-0.39, 0.29) is 6.10 Å². The number of hydrogen-bond donors (Lipinski definition) is 1. The van der Waals surface area contributed by atoms with E-state index in [0.29, 0.717) is 5.92 Å². The fourth-order valence-electron chi connectivity index (χ4n) is 0.876. The standard InChI is InChI=1S/C10H20O/c1-8(2)6-5-7-9(3)10(4)11/h6,9-11H,5,7H2,1-4H3/t9-,10+/m0/s1. The fraction of sp³-hybridized carbons (Fsp3) is 0.800. The Bertz CT molecular complexity index is 121. The molecule has 0 aromatic carbocycles. The first-order valence-electron chi connectivity index (χ1n) is 4.35. The predicted octanol–water partition coefficient (Wildman–Crippen LogP) is 2.75. The lowest BCUT2D eigenvalue weighted by Gasteiger charge is -2.12. The third-order valence-electron chi connectivity index (χ3n) is 2.00. The van der Waals surface area contributed by atoms with Crippen LogP contribution in [0.2, 0.25) is 0 Å². The minimum absolute atomic E-state index is 0.166. The van der Waals surface area contributed by atoms with E-state index in [2.05, 4.69) is 26.8 Å². The van der Waals surface area contributed by atoms with Crippen LogP contribution in [0.3, 0.4) is 0 Å². The average Bonchev–Trinajstić information content (AvgIpc) is 1.86. The van der Waals surface area contributed by atoms with Crippen LogP contribution in [0.15, 0.2) is 11.6 Å². The van der Waals surface area contributed by atoms with Crippen LogP contribution < -0.4 is 0 Å². The van der Waals surface area contributed by atoms with Gasteiger partial charge in [-0.1, -0.05) is 18.6 Å². The highest BCUT2D eigenvalue weighted by Crippen LogP contribution is 2.11. The molecule has 11 heavy (non-hydrogen) atoms. The second-order valence-electron chi connectivity index (χ2n) is 3.58. The molecule has 0 aromatic rings. The Morgan fingerprint density at radius 1 is 1.36 bits per heavy atom. The van der Waals surface area contributed by atoms with Gasteiger partial charge in [-0.05, 0) is 39.5 Å². The Morgan fingerprint density at radius 3 is 2.27 bits per heavy atom. The van der Waals surface area contributed by atoms with Crippen molar-refractivity contribution in [2.45, 2.75) is 46.6 Å². The van der Waals surface area contributed by atoms with Crippen molar-refractivity contribution in [3.63, 3.8) is 0 Å². The summed E-state index contributed by atoms with van der Waals surface area (Å²) in [6.45, 7) is 8.15. The molecule has 0 radical (unpaired) electrons. The lowest BCUT2D eigenvalue weighted by Crippen LogP contribution is -2.12. The van der Waals surface area contributed by atoms with Crippen molar-refractivity contribution in [2.75, 3.05) is 0 Å². The first-order chi connectivity index (χ1) is 5.04. The highest BCUT2D eigenvalue weighted by Gasteiger charge is 2.06. The maximum atomic E-state index is 9.17. The first kappa shape index (κ1) is 10.7. The molecule has 0 saturated carbocycles. The predicted molar refractivity (Wildman–Crippen MR) is 49.5 cm³/mol. The third-order valence-corrected chi connectivity index (χ3v) is 2.00. The summed E-state index contributed by atoms with van der Waals surface area (Å²) >= 11 is 0. The molecule has 0 amide bonds. The van der Waals surface area contributed by atoms with Gasteiger partial charge in [-0.25, -0.2) is 0 Å². The molecule has 1 N–H and O–H groups in total. The minimum atomic E-state index is -0.166. The maximum absolute atomic E-state index is 9.17. The van der Waals surface area contributed by atoms with Crippen molar-refractivity contribution < 1.29 is 5.11 Å². The summed E-state index contributed by atoms with van der Waals surface area (Å²) in [5.41, 5.74) is 1.36. The van der Waals surface area contributed by atoms with E-state index in [9.17, 15) is 0 Å². The van der Waals surface area contributed by atoms with Crippen LogP contribution >= 0.6 is 0 Å². The molecule has 0 unspecified atom stereocenters. The molecular formula is C10H20O. The largest absolute Gasteiger partial charge is 0.393 e. The summed E-state index contributed by atoms with van der Waals surface area (Å²) in [6, 6.07) is 0. The Hall–Kier alpha value is -0.300. The summed E-state index contributed by atoms with van der Waals surface area (Å²) in [5, 5.41) is 9.17. The van der Waals surface area contributed by atoms with Gasteiger partial charge in [0.2, 0.25) is 0 Å². The van der Waals surface area contributed by atoms with Crippen LogP contribution in [0.25, 0.3) is 0 Å². The van der Waals surface area contributed by atoms with Crippen LogP contribution in [0.1, 0.15) is 40.5 Å². The molecule has 0 rings (SSSR count). The molecule has 0 aliphatic heterocycles. The fourth-order valence-corrected chi connectivity index (χ4v) is 0.876. The van der Waals surface area contributed by atoms with E-state index in [4.69, 9.17) is 5.11 Å². The Balaban J connectivity index is 3.47. The summed E-state index contributed by atoms with van der Waals surface area (Å²) < 4.78 is 0. The van der Waals surface area contributed by atoms with Gasteiger partial charge in [0.15, 0.2) is 0 Å². The summed E-state index contributed by atoms with van der Waals surface area (Å²) in [6.07, 6.45) is 4.23. The third kappa shape index (κ3) is 6.11. The lowest BCUT2D eigenvalue weighted by atomic mass is 10.00. The van der Waals surface area contributed by atoms with E-state index in [1.165, 1.54) is 5.57 Å². The topological polar surface area (TPSA) is 20.2 Å². The number of aliphatic hydroxyl groups excluding tert-OH is 1. The molecule has 0 aliphatic carbocycles. The van der Waals surface area contributed by atoms with E-state index in [1.807, 2.05) is 6.92 Å². The van der Waals surface area contributed by atoms with Gasteiger partial charge in [-0.15, -0.1) is 0 Å². The van der Waals surface area contributed by atoms with E-state index in [0.717, 1.165) is 12.8 Å². The Labute approximate surface area is 70.1 Å². The molecular weight excluding hydrogens is 136 g/mol. The van der Waals surface area contributed by atoms with Crippen LogP contribution in [0.5, 0.6) is 0 Å². The van der Waals surface area contributed by atoms with Gasteiger partial charge in [-0.2, -0.15) is 0 Å². The molecule has 0 aliphatic rings. The van der Waals surface area contributed by atoms with E-state index >= 15 is 0 Å². The maximum Gasteiger partial charge on any atom is 0.0537 e. The van der Waals surface area contributed by atoms with Crippen molar-refractivity contribution in [2.24, 2.45) is 5.92 Å². The van der Waals surface area contributed by atoms with Crippen molar-refractivity contribution in [1.29, 1.82) is 0 Å². The molecule has 1 nitrogen and oxygen atoms in total. The lowest BCUT2D eigenvalue weighted by molar-refractivity contribution is 0.130. The smallest absolute Gasteiger partial charge is 0.0537 e. The minimum Gasteiger partial charge on any atom is -0.393 e. The number of rotatable bonds is 4. The normalized spacial score (nSPS) is 15.7. The van der Waals surface area contributed by atoms with Gasteiger partial charge in [0.05, 0.1) is 6.10 Å². The Morgan fingerprint density at radius 2 is 1.91 bits per heavy atom. The molecule has 0 aromatic heterocycles. The highest BCUT2D eigenvalue weighted by molar-refractivity contribution is 4.92. The van der Waals surface area contributed by atoms with Crippen LogP contribution in [0, 0.1) is 5.92 Å². The van der Waals surface area contributed by atoms with Gasteiger partial charge in [0.25, 0.3) is 0 Å². The molecule has 0 spiro atoms. The van der Waals surface area contributed by atoms with Crippen molar-refractivity contribution in [1.82, 2.24) is 0 Å².